The second-order valence-corrected chi connectivity index (χ2v) is 8.50. The molecule has 0 bridgehead atoms. The van der Waals surface area contributed by atoms with E-state index in [4.69, 9.17) is 9.31 Å². The van der Waals surface area contributed by atoms with Gasteiger partial charge in [0.1, 0.15) is 0 Å². The zero-order valence-electron chi connectivity index (χ0n) is 15.5. The Kier molecular flexibility index (Phi) is 6.82. The molecule has 0 spiro atoms. The maximum Gasteiger partial charge on any atom is 0.461 e. The fourth-order valence-corrected chi connectivity index (χ4v) is 3.72. The third-order valence-corrected chi connectivity index (χ3v) is 6.06. The second-order valence-electron chi connectivity index (χ2n) is 8.50. The minimum Gasteiger partial charge on any atom is -0.403 e. The maximum absolute atomic E-state index is 6.33. The lowest BCUT2D eigenvalue weighted by molar-refractivity contribution is 0.00578. The Morgan fingerprint density at radius 2 is 0.909 bits per heavy atom. The van der Waals surface area contributed by atoms with Crippen LogP contribution >= 0.6 is 0 Å². The standard InChI is InChI=1S/C19H37BO2/c1-18(2)19(3,4)22-20(21-18)17-15-13-11-9-7-5-6-8-10-12-14-16-17/h17H,5-16H2,1-4H3. The molecule has 1 aliphatic heterocycles. The van der Waals surface area contributed by atoms with Crippen molar-refractivity contribution in [1.29, 1.82) is 0 Å². The van der Waals surface area contributed by atoms with Gasteiger partial charge in [-0.25, -0.2) is 0 Å². The van der Waals surface area contributed by atoms with Crippen molar-refractivity contribution < 1.29 is 9.31 Å². The normalized spacial score (nSPS) is 28.6. The first-order valence-corrected chi connectivity index (χ1v) is 9.78. The lowest BCUT2D eigenvalue weighted by atomic mass is 9.66. The van der Waals surface area contributed by atoms with Gasteiger partial charge in [-0.2, -0.15) is 0 Å². The molecule has 3 heteroatoms. The van der Waals surface area contributed by atoms with E-state index in [1.165, 1.54) is 77.0 Å². The van der Waals surface area contributed by atoms with E-state index in [-0.39, 0.29) is 18.3 Å². The average molecular weight is 308 g/mol. The highest BCUT2D eigenvalue weighted by Crippen LogP contribution is 2.42. The molecule has 1 aliphatic carbocycles. The van der Waals surface area contributed by atoms with Crippen LogP contribution in [0.2, 0.25) is 5.82 Å². The summed E-state index contributed by atoms with van der Waals surface area (Å²) in [7, 11) is 0.00938. The highest BCUT2D eigenvalue weighted by atomic mass is 16.7. The van der Waals surface area contributed by atoms with E-state index in [9.17, 15) is 0 Å². The molecule has 0 radical (unpaired) electrons. The van der Waals surface area contributed by atoms with Gasteiger partial charge in [-0.05, 0) is 33.5 Å². The van der Waals surface area contributed by atoms with Crippen LogP contribution in [-0.4, -0.2) is 18.3 Å². The van der Waals surface area contributed by atoms with Gasteiger partial charge in [0.25, 0.3) is 0 Å². The average Bonchev–Trinajstić information content (AvgIpc) is 2.67. The lowest BCUT2D eigenvalue weighted by Crippen LogP contribution is -2.41. The van der Waals surface area contributed by atoms with Gasteiger partial charge in [-0.15, -0.1) is 0 Å². The molecule has 0 aromatic rings. The lowest BCUT2D eigenvalue weighted by Gasteiger charge is -2.32. The Labute approximate surface area is 138 Å². The zero-order chi connectivity index (χ0) is 16.1. The van der Waals surface area contributed by atoms with Crippen molar-refractivity contribution in [3.05, 3.63) is 0 Å². The summed E-state index contributed by atoms with van der Waals surface area (Å²) in [6.45, 7) is 8.69. The number of hydrogen-bond acceptors (Lipinski definition) is 2. The zero-order valence-corrected chi connectivity index (χ0v) is 15.5. The summed E-state index contributed by atoms with van der Waals surface area (Å²) in [5, 5.41) is 0. The van der Waals surface area contributed by atoms with Crippen molar-refractivity contribution in [2.24, 2.45) is 0 Å². The highest BCUT2D eigenvalue weighted by molar-refractivity contribution is 6.47. The molecule has 0 atom stereocenters. The first-order valence-electron chi connectivity index (χ1n) is 9.78. The monoisotopic (exact) mass is 308 g/mol. The van der Waals surface area contributed by atoms with Crippen LogP contribution < -0.4 is 0 Å². The Bertz CT molecular complexity index is 297. The summed E-state index contributed by atoms with van der Waals surface area (Å²) in [6, 6.07) is 0. The third-order valence-electron chi connectivity index (χ3n) is 6.06. The first kappa shape index (κ1) is 18.3. The van der Waals surface area contributed by atoms with Gasteiger partial charge < -0.3 is 9.31 Å². The molecule has 0 N–H and O–H groups in total. The van der Waals surface area contributed by atoms with Crippen molar-refractivity contribution in [3.8, 4) is 0 Å². The molecule has 128 valence electrons. The Balaban J connectivity index is 1.91. The van der Waals surface area contributed by atoms with Crippen molar-refractivity contribution in [3.63, 3.8) is 0 Å². The molecule has 0 amide bonds. The highest BCUT2D eigenvalue weighted by Gasteiger charge is 2.53. The maximum atomic E-state index is 6.33. The summed E-state index contributed by atoms with van der Waals surface area (Å²) in [5.41, 5.74) is -0.363. The molecular formula is C19H37BO2. The summed E-state index contributed by atoms with van der Waals surface area (Å²) in [6.07, 6.45) is 16.6. The minimum absolute atomic E-state index is 0.00938. The van der Waals surface area contributed by atoms with E-state index in [1.807, 2.05) is 0 Å². The SMILES string of the molecule is CC1(C)OB(C2CCCCCCCCCCCC2)OC1(C)C. The van der Waals surface area contributed by atoms with Crippen LogP contribution in [0.25, 0.3) is 0 Å². The van der Waals surface area contributed by atoms with Crippen LogP contribution in [-0.2, 0) is 9.31 Å². The van der Waals surface area contributed by atoms with E-state index in [1.54, 1.807) is 0 Å². The van der Waals surface area contributed by atoms with Crippen LogP contribution in [0.5, 0.6) is 0 Å². The van der Waals surface area contributed by atoms with Gasteiger partial charge in [0.2, 0.25) is 0 Å². The molecular weight excluding hydrogens is 271 g/mol. The molecule has 1 saturated heterocycles. The molecule has 2 fully saturated rings. The number of rotatable bonds is 1. The van der Waals surface area contributed by atoms with Gasteiger partial charge in [0.15, 0.2) is 0 Å². The molecule has 1 heterocycles. The van der Waals surface area contributed by atoms with Crippen LogP contribution in [0.4, 0.5) is 0 Å². The molecule has 2 nitrogen and oxygen atoms in total. The largest absolute Gasteiger partial charge is 0.461 e. The van der Waals surface area contributed by atoms with Crippen LogP contribution in [0.1, 0.15) is 105 Å². The van der Waals surface area contributed by atoms with Gasteiger partial charge >= 0.3 is 7.12 Å². The quantitative estimate of drug-likeness (QED) is 0.541. The van der Waals surface area contributed by atoms with Gasteiger partial charge in [0.05, 0.1) is 11.2 Å². The van der Waals surface area contributed by atoms with E-state index in [2.05, 4.69) is 27.7 Å². The molecule has 0 aromatic carbocycles. The first-order chi connectivity index (χ1) is 10.4. The van der Waals surface area contributed by atoms with E-state index in [0.29, 0.717) is 5.82 Å². The van der Waals surface area contributed by atoms with Crippen LogP contribution in [0, 0.1) is 0 Å². The predicted molar refractivity (Wildman–Crippen MR) is 95.2 cm³/mol. The summed E-state index contributed by atoms with van der Waals surface area (Å²) in [5.74, 6) is 0.585. The van der Waals surface area contributed by atoms with Crippen molar-refractivity contribution in [1.82, 2.24) is 0 Å². The number of hydrogen-bond donors (Lipinski definition) is 0. The molecule has 2 aliphatic rings. The van der Waals surface area contributed by atoms with E-state index in [0.717, 1.165) is 0 Å². The molecule has 0 aromatic heterocycles. The Morgan fingerprint density at radius 3 is 1.27 bits per heavy atom. The van der Waals surface area contributed by atoms with Gasteiger partial charge in [-0.3, -0.25) is 0 Å². The summed E-state index contributed by atoms with van der Waals surface area (Å²) < 4.78 is 12.7. The van der Waals surface area contributed by atoms with Crippen molar-refractivity contribution in [2.75, 3.05) is 0 Å². The summed E-state index contributed by atoms with van der Waals surface area (Å²) in [4.78, 5) is 0. The molecule has 22 heavy (non-hydrogen) atoms. The van der Waals surface area contributed by atoms with Gasteiger partial charge in [-0.1, -0.05) is 77.0 Å². The Hall–Kier alpha value is -0.0151. The van der Waals surface area contributed by atoms with Crippen LogP contribution in [0.3, 0.4) is 0 Å². The van der Waals surface area contributed by atoms with Crippen molar-refractivity contribution >= 4 is 7.12 Å². The molecule has 1 saturated carbocycles. The van der Waals surface area contributed by atoms with Gasteiger partial charge in [0, 0.05) is 0 Å². The topological polar surface area (TPSA) is 18.5 Å². The second kappa shape index (κ2) is 8.19. The van der Waals surface area contributed by atoms with E-state index < -0.39 is 0 Å². The molecule has 2 rings (SSSR count). The fourth-order valence-electron chi connectivity index (χ4n) is 3.72. The third kappa shape index (κ3) is 4.99. The minimum atomic E-state index is -0.182. The smallest absolute Gasteiger partial charge is 0.403 e. The van der Waals surface area contributed by atoms with Crippen molar-refractivity contribution in [2.45, 2.75) is 122 Å². The molecule has 0 unspecified atom stereocenters. The summed E-state index contributed by atoms with van der Waals surface area (Å²) >= 11 is 0. The predicted octanol–water partition coefficient (Wildman–Crippen LogP) is 6.14. The Morgan fingerprint density at radius 1 is 0.591 bits per heavy atom. The van der Waals surface area contributed by atoms with E-state index >= 15 is 0 Å². The fraction of sp³-hybridized carbons (Fsp3) is 1.00. The van der Waals surface area contributed by atoms with Crippen LogP contribution in [0.15, 0.2) is 0 Å².